The van der Waals surface area contributed by atoms with Gasteiger partial charge in [-0.2, -0.15) is 26.3 Å². The van der Waals surface area contributed by atoms with Gasteiger partial charge in [0.2, 0.25) is 0 Å². The minimum Gasteiger partial charge on any atom is -0.375 e. The van der Waals surface area contributed by atoms with Gasteiger partial charge in [0.25, 0.3) is 10.0 Å². The lowest BCUT2D eigenvalue weighted by atomic mass is 10.2. The average molecular weight is 428 g/mol. The molecule has 0 aliphatic heterocycles. The third kappa shape index (κ3) is 6.68. The Morgan fingerprint density at radius 2 is 1.68 bits per heavy atom. The summed E-state index contributed by atoms with van der Waals surface area (Å²) >= 11 is 0. The van der Waals surface area contributed by atoms with Crippen molar-refractivity contribution in [1.82, 2.24) is 4.98 Å². The molecule has 0 amide bonds. The first-order valence-electron chi connectivity index (χ1n) is 7.67. The highest BCUT2D eigenvalue weighted by Gasteiger charge is 2.31. The van der Waals surface area contributed by atoms with Crippen LogP contribution in [0.15, 0.2) is 47.4 Å². The Bertz CT molecular complexity index is 913. The van der Waals surface area contributed by atoms with Crippen molar-refractivity contribution in [1.29, 1.82) is 0 Å². The van der Waals surface area contributed by atoms with Crippen molar-refractivity contribution in [3.8, 4) is 0 Å². The maximum Gasteiger partial charge on any atom is 0.416 e. The second-order valence-electron chi connectivity index (χ2n) is 5.56. The fourth-order valence-corrected chi connectivity index (χ4v) is 3.06. The van der Waals surface area contributed by atoms with Crippen LogP contribution < -0.4 is 4.72 Å². The Labute approximate surface area is 156 Å². The number of rotatable bonds is 7. The largest absolute Gasteiger partial charge is 0.416 e. The van der Waals surface area contributed by atoms with E-state index in [1.165, 1.54) is 18.2 Å². The number of aromatic nitrogens is 1. The van der Waals surface area contributed by atoms with Crippen molar-refractivity contribution >= 4 is 15.8 Å². The van der Waals surface area contributed by atoms with E-state index in [0.717, 1.165) is 18.2 Å². The van der Waals surface area contributed by atoms with Crippen molar-refractivity contribution in [2.45, 2.75) is 30.3 Å². The Morgan fingerprint density at radius 1 is 1.00 bits per heavy atom. The van der Waals surface area contributed by atoms with Crippen LogP contribution in [0.4, 0.5) is 32.2 Å². The van der Waals surface area contributed by atoms with Gasteiger partial charge in [0.05, 0.1) is 35.8 Å². The lowest BCUT2D eigenvalue weighted by molar-refractivity contribution is -0.146. The fourth-order valence-electron chi connectivity index (χ4n) is 2.02. The number of hydrogen-bond acceptors (Lipinski definition) is 4. The molecule has 5 nitrogen and oxygen atoms in total. The molecule has 0 atom stereocenters. The highest BCUT2D eigenvalue weighted by atomic mass is 32.2. The predicted octanol–water partition coefficient (Wildman–Crippen LogP) is 4.37. The number of sulfonamides is 1. The number of nitrogens with one attached hydrogen (secondary N) is 1. The summed E-state index contributed by atoms with van der Waals surface area (Å²) in [6.07, 6.45) is -10.2. The molecule has 154 valence electrons. The molecule has 0 fully saturated rings. The molecule has 28 heavy (non-hydrogen) atoms. The van der Waals surface area contributed by atoms with Crippen molar-refractivity contribution in [2.24, 2.45) is 0 Å². The summed E-state index contributed by atoms with van der Waals surface area (Å²) in [5.74, 6) is -0.214. The molecular weight excluding hydrogens is 414 g/mol. The molecule has 1 aromatic carbocycles. The average Bonchev–Trinajstić information content (AvgIpc) is 2.57. The van der Waals surface area contributed by atoms with Crippen LogP contribution in [0, 0.1) is 0 Å². The molecule has 1 aromatic heterocycles. The Morgan fingerprint density at radius 3 is 2.32 bits per heavy atom. The molecule has 0 spiro atoms. The van der Waals surface area contributed by atoms with Gasteiger partial charge in [-0.1, -0.05) is 12.1 Å². The normalized spacial score (nSPS) is 12.8. The maximum absolute atomic E-state index is 12.7. The van der Waals surface area contributed by atoms with Crippen molar-refractivity contribution in [3.05, 3.63) is 53.7 Å². The Kier molecular flexibility index (Phi) is 6.55. The van der Waals surface area contributed by atoms with E-state index in [0.29, 0.717) is 6.07 Å². The minimum absolute atomic E-state index is 0.145. The summed E-state index contributed by atoms with van der Waals surface area (Å²) in [4.78, 5) is 3.26. The third-order valence-electron chi connectivity index (χ3n) is 3.30. The van der Waals surface area contributed by atoms with Gasteiger partial charge in [-0.25, -0.2) is 13.4 Å². The molecule has 0 unspecified atom stereocenters. The first-order chi connectivity index (χ1) is 12.9. The first kappa shape index (κ1) is 22.0. The summed E-state index contributed by atoms with van der Waals surface area (Å²) in [6, 6.07) is 7.17. The van der Waals surface area contributed by atoms with E-state index in [1.54, 1.807) is 0 Å². The van der Waals surface area contributed by atoms with E-state index in [1.807, 2.05) is 4.72 Å². The highest BCUT2D eigenvalue weighted by Crippen LogP contribution is 2.30. The van der Waals surface area contributed by atoms with Gasteiger partial charge < -0.3 is 4.74 Å². The van der Waals surface area contributed by atoms with Gasteiger partial charge >= 0.3 is 12.4 Å². The van der Waals surface area contributed by atoms with Crippen molar-refractivity contribution in [3.63, 3.8) is 0 Å². The van der Waals surface area contributed by atoms with Gasteiger partial charge in [-0.3, -0.25) is 4.72 Å². The van der Waals surface area contributed by atoms with E-state index >= 15 is 0 Å². The monoisotopic (exact) mass is 428 g/mol. The molecule has 0 aliphatic carbocycles. The number of alkyl halides is 6. The standard InChI is InChI=1S/C16H14F6N2O3S/c17-15(18,19)7-8-27-10-12-4-2-6-14(23-12)24-28(25,26)13-5-1-3-11(9-13)16(20,21)22/h1-6,9H,7-8,10H2,(H,23,24). The van der Waals surface area contributed by atoms with E-state index in [4.69, 9.17) is 4.74 Å². The second-order valence-corrected chi connectivity index (χ2v) is 7.25. The van der Waals surface area contributed by atoms with Crippen LogP contribution in [0.2, 0.25) is 0 Å². The zero-order valence-corrected chi connectivity index (χ0v) is 14.8. The summed E-state index contributed by atoms with van der Waals surface area (Å²) in [7, 11) is -4.36. The lowest BCUT2D eigenvalue weighted by Gasteiger charge is -2.11. The molecule has 0 bridgehead atoms. The number of anilines is 1. The predicted molar refractivity (Wildman–Crippen MR) is 86.8 cm³/mol. The SMILES string of the molecule is O=S(=O)(Nc1cccc(COCCC(F)(F)F)n1)c1cccc(C(F)(F)F)c1. The number of hydrogen-bond donors (Lipinski definition) is 1. The maximum atomic E-state index is 12.7. The topological polar surface area (TPSA) is 68.3 Å². The molecule has 0 aliphatic rings. The molecule has 2 rings (SSSR count). The van der Waals surface area contributed by atoms with Gasteiger partial charge in [0.1, 0.15) is 5.82 Å². The third-order valence-corrected chi connectivity index (χ3v) is 4.65. The van der Waals surface area contributed by atoms with Crippen LogP contribution >= 0.6 is 0 Å². The fraction of sp³-hybridized carbons (Fsp3) is 0.312. The van der Waals surface area contributed by atoms with Gasteiger partial charge in [-0.15, -0.1) is 0 Å². The number of pyridine rings is 1. The van der Waals surface area contributed by atoms with Crippen LogP contribution in [0.5, 0.6) is 0 Å². The Hall–Kier alpha value is -2.34. The highest BCUT2D eigenvalue weighted by molar-refractivity contribution is 7.92. The molecule has 1 N–H and O–H groups in total. The summed E-state index contributed by atoms with van der Waals surface area (Å²) in [5.41, 5.74) is -0.985. The first-order valence-corrected chi connectivity index (χ1v) is 9.16. The van der Waals surface area contributed by atoms with Gasteiger partial charge in [-0.05, 0) is 30.3 Å². The Balaban J connectivity index is 2.08. The van der Waals surface area contributed by atoms with E-state index < -0.39 is 45.9 Å². The van der Waals surface area contributed by atoms with Crippen LogP contribution in [-0.2, 0) is 27.5 Å². The van der Waals surface area contributed by atoms with Crippen molar-refractivity contribution in [2.75, 3.05) is 11.3 Å². The molecule has 0 saturated carbocycles. The van der Waals surface area contributed by atoms with E-state index in [9.17, 15) is 34.8 Å². The molecule has 0 radical (unpaired) electrons. The molecule has 12 heteroatoms. The van der Waals surface area contributed by atoms with E-state index in [-0.39, 0.29) is 18.1 Å². The number of benzene rings is 1. The number of nitrogens with zero attached hydrogens (tertiary/aromatic N) is 1. The van der Waals surface area contributed by atoms with E-state index in [2.05, 4.69) is 4.98 Å². The minimum atomic E-state index is -4.71. The van der Waals surface area contributed by atoms with Crippen LogP contribution in [0.1, 0.15) is 17.7 Å². The van der Waals surface area contributed by atoms with Crippen LogP contribution in [-0.4, -0.2) is 26.2 Å². The zero-order chi connectivity index (χ0) is 21.0. The number of halogens is 6. The van der Waals surface area contributed by atoms with Crippen LogP contribution in [0.25, 0.3) is 0 Å². The second kappa shape index (κ2) is 8.35. The van der Waals surface area contributed by atoms with Crippen molar-refractivity contribution < 1.29 is 39.5 Å². The number of ether oxygens (including phenoxy) is 1. The molecule has 2 aromatic rings. The molecular formula is C16H14F6N2O3S. The lowest BCUT2D eigenvalue weighted by Crippen LogP contribution is -2.16. The molecule has 1 heterocycles. The smallest absolute Gasteiger partial charge is 0.375 e. The quantitative estimate of drug-likeness (QED) is 0.525. The summed E-state index contributed by atoms with van der Waals surface area (Å²) < 4.78 is 106. The van der Waals surface area contributed by atoms with Gasteiger partial charge in [0, 0.05) is 0 Å². The molecule has 0 saturated heterocycles. The van der Waals surface area contributed by atoms with Gasteiger partial charge in [0.15, 0.2) is 0 Å². The van der Waals surface area contributed by atoms with Crippen LogP contribution in [0.3, 0.4) is 0 Å². The summed E-state index contributed by atoms with van der Waals surface area (Å²) in [6.45, 7) is -0.888. The zero-order valence-electron chi connectivity index (χ0n) is 14.0. The summed E-state index contributed by atoms with van der Waals surface area (Å²) in [5, 5.41) is 0.